The van der Waals surface area contributed by atoms with Gasteiger partial charge in [0, 0.05) is 42.1 Å². The summed E-state index contributed by atoms with van der Waals surface area (Å²) in [7, 11) is -3.70. The van der Waals surface area contributed by atoms with E-state index < -0.39 is 16.1 Å². The number of benzene rings is 3. The van der Waals surface area contributed by atoms with Gasteiger partial charge in [0.2, 0.25) is 0 Å². The fraction of sp³-hybridized carbons (Fsp3) is 0.296. The number of aromatic nitrogens is 2. The topological polar surface area (TPSA) is 129 Å². The zero-order chi connectivity index (χ0) is 27.4. The van der Waals surface area contributed by atoms with Crippen molar-refractivity contribution in [1.29, 1.82) is 0 Å². The molecule has 1 atom stereocenters. The van der Waals surface area contributed by atoms with Gasteiger partial charge in [-0.3, -0.25) is 4.72 Å². The lowest BCUT2D eigenvalue weighted by Gasteiger charge is -2.34. The lowest BCUT2D eigenvalue weighted by molar-refractivity contribution is 0.0263. The number of aliphatic hydroxyl groups excluding tert-OH is 1. The number of hydrogen-bond acceptors (Lipinski definition) is 7. The van der Waals surface area contributed by atoms with Gasteiger partial charge in [0.25, 0.3) is 10.0 Å². The molecular formula is C27H30ClN5O5S. The second-order valence-corrected chi connectivity index (χ2v) is 11.6. The smallest absolute Gasteiger partial charge is 0.359 e. The summed E-state index contributed by atoms with van der Waals surface area (Å²) in [5.74, 6) is 0. The van der Waals surface area contributed by atoms with Gasteiger partial charge in [-0.05, 0) is 73.5 Å². The second kappa shape index (κ2) is 11.7. The maximum Gasteiger partial charge on any atom is 0.359 e. The van der Waals surface area contributed by atoms with E-state index in [2.05, 4.69) is 19.9 Å². The summed E-state index contributed by atoms with van der Waals surface area (Å²) in [6.07, 6.45) is 1.01. The van der Waals surface area contributed by atoms with Gasteiger partial charge in [-0.2, -0.15) is 0 Å². The maximum atomic E-state index is 12.6. The fourth-order valence-corrected chi connectivity index (χ4v) is 5.78. The number of imidazole rings is 1. The van der Waals surface area contributed by atoms with E-state index in [1.165, 1.54) is 16.9 Å². The number of nitrogens with zero attached hydrogens (tertiary/aromatic N) is 2. The van der Waals surface area contributed by atoms with Gasteiger partial charge in [-0.15, -0.1) is 4.73 Å². The molecule has 0 spiro atoms. The van der Waals surface area contributed by atoms with Crippen molar-refractivity contribution in [2.75, 3.05) is 35.9 Å². The van der Waals surface area contributed by atoms with E-state index >= 15 is 0 Å². The van der Waals surface area contributed by atoms with Gasteiger partial charge >= 0.3 is 5.69 Å². The van der Waals surface area contributed by atoms with Crippen LogP contribution in [0.5, 0.6) is 0 Å². The van der Waals surface area contributed by atoms with Crippen molar-refractivity contribution in [2.45, 2.75) is 29.9 Å². The van der Waals surface area contributed by atoms with E-state index in [-0.39, 0.29) is 23.2 Å². The summed E-state index contributed by atoms with van der Waals surface area (Å²) in [4.78, 5) is 22.8. The predicted octanol–water partition coefficient (Wildman–Crippen LogP) is 2.83. The van der Waals surface area contributed by atoms with Crippen molar-refractivity contribution in [3.05, 3.63) is 88.3 Å². The molecule has 5 rings (SSSR count). The predicted molar refractivity (Wildman–Crippen MR) is 152 cm³/mol. The summed E-state index contributed by atoms with van der Waals surface area (Å²) >= 11 is 5.85. The standard InChI is InChI=1S/C27H30ClN5O5S/c28-19-5-11-24(12-6-19)39(36,37)31-21-7-9-22(10-8-21)32-15-13-20(14-16-32)29-17-23(34)18-38-33-26-4-2-1-3-25(26)30-27(33)35/h1-12,20,23,29,31,34H,13-18H2,(H,30,35)/t23-/m0/s1. The highest BCUT2D eigenvalue weighted by atomic mass is 35.5. The molecule has 4 N–H and O–H groups in total. The van der Waals surface area contributed by atoms with Crippen LogP contribution in [-0.4, -0.2) is 61.6 Å². The molecule has 2 heterocycles. The van der Waals surface area contributed by atoms with Crippen molar-refractivity contribution >= 4 is 44.0 Å². The number of hydrogen-bond donors (Lipinski definition) is 4. The summed E-state index contributed by atoms with van der Waals surface area (Å²) in [6, 6.07) is 20.8. The molecule has 3 aromatic carbocycles. The van der Waals surface area contributed by atoms with Crippen LogP contribution in [0.25, 0.3) is 11.0 Å². The number of anilines is 2. The second-order valence-electron chi connectivity index (χ2n) is 9.47. The van der Waals surface area contributed by atoms with Crippen LogP contribution in [0.3, 0.4) is 0 Å². The number of para-hydroxylation sites is 2. The van der Waals surface area contributed by atoms with Crippen LogP contribution >= 0.6 is 11.6 Å². The van der Waals surface area contributed by atoms with E-state index in [1.807, 2.05) is 24.3 Å². The van der Waals surface area contributed by atoms with Gasteiger partial charge in [0.1, 0.15) is 18.2 Å². The number of fused-ring (bicyclic) bond motifs is 1. The van der Waals surface area contributed by atoms with E-state index in [4.69, 9.17) is 16.4 Å². The Morgan fingerprint density at radius 1 is 1.03 bits per heavy atom. The van der Waals surface area contributed by atoms with Crippen molar-refractivity contribution < 1.29 is 18.4 Å². The van der Waals surface area contributed by atoms with Gasteiger partial charge in [-0.1, -0.05) is 23.7 Å². The molecule has 206 valence electrons. The highest BCUT2D eigenvalue weighted by molar-refractivity contribution is 7.92. The van der Waals surface area contributed by atoms with Crippen molar-refractivity contribution in [3.8, 4) is 0 Å². The van der Waals surface area contributed by atoms with Crippen LogP contribution in [0, 0.1) is 0 Å². The third-order valence-corrected chi connectivity index (χ3v) is 8.34. The average molecular weight is 572 g/mol. The Bertz CT molecular complexity index is 1560. The molecule has 12 heteroatoms. The maximum absolute atomic E-state index is 12.6. The number of rotatable bonds is 10. The molecule has 39 heavy (non-hydrogen) atoms. The van der Waals surface area contributed by atoms with Gasteiger partial charge in [-0.25, -0.2) is 13.2 Å². The van der Waals surface area contributed by atoms with Crippen LogP contribution < -0.4 is 25.5 Å². The number of sulfonamides is 1. The minimum absolute atomic E-state index is 0.0122. The Morgan fingerprint density at radius 2 is 1.72 bits per heavy atom. The quantitative estimate of drug-likeness (QED) is 0.230. The van der Waals surface area contributed by atoms with Gasteiger partial charge < -0.3 is 25.1 Å². The third kappa shape index (κ3) is 6.56. The normalized spacial score (nSPS) is 15.4. The largest absolute Gasteiger partial charge is 0.406 e. The molecule has 0 saturated carbocycles. The first-order chi connectivity index (χ1) is 18.8. The van der Waals surface area contributed by atoms with Gasteiger partial charge in [0.15, 0.2) is 0 Å². The van der Waals surface area contributed by atoms with Crippen molar-refractivity contribution in [2.24, 2.45) is 0 Å². The number of H-pyrrole nitrogens is 1. The molecule has 1 saturated heterocycles. The average Bonchev–Trinajstić information content (AvgIpc) is 3.26. The first kappa shape index (κ1) is 27.1. The van der Waals surface area contributed by atoms with E-state index in [1.54, 1.807) is 36.4 Å². The number of aromatic amines is 1. The first-order valence-corrected chi connectivity index (χ1v) is 14.5. The van der Waals surface area contributed by atoms with Gasteiger partial charge in [0.05, 0.1) is 10.4 Å². The monoisotopic (exact) mass is 571 g/mol. The number of aliphatic hydroxyl groups is 1. The first-order valence-electron chi connectivity index (χ1n) is 12.7. The van der Waals surface area contributed by atoms with E-state index in [9.17, 15) is 18.3 Å². The number of halogens is 1. The summed E-state index contributed by atoms with van der Waals surface area (Å²) in [6.45, 7) is 1.99. The Labute approximate surface area is 231 Å². The minimum Gasteiger partial charge on any atom is -0.406 e. The highest BCUT2D eigenvalue weighted by Gasteiger charge is 2.21. The van der Waals surface area contributed by atoms with Crippen LogP contribution in [0.15, 0.2) is 82.5 Å². The van der Waals surface area contributed by atoms with Crippen LogP contribution in [0.1, 0.15) is 12.8 Å². The summed E-state index contributed by atoms with van der Waals surface area (Å²) < 4.78 is 29.0. The lowest BCUT2D eigenvalue weighted by atomic mass is 10.0. The molecule has 0 aliphatic carbocycles. The molecule has 1 aliphatic heterocycles. The molecule has 0 unspecified atom stereocenters. The van der Waals surface area contributed by atoms with Crippen molar-refractivity contribution in [1.82, 2.24) is 15.0 Å². The summed E-state index contributed by atoms with van der Waals surface area (Å²) in [5, 5.41) is 14.3. The lowest BCUT2D eigenvalue weighted by Crippen LogP contribution is -2.46. The molecule has 10 nitrogen and oxygen atoms in total. The molecule has 1 aromatic heterocycles. The molecule has 1 fully saturated rings. The molecule has 0 radical (unpaired) electrons. The molecular weight excluding hydrogens is 542 g/mol. The van der Waals surface area contributed by atoms with E-state index in [0.717, 1.165) is 31.6 Å². The minimum atomic E-state index is -3.70. The van der Waals surface area contributed by atoms with Crippen LogP contribution in [-0.2, 0) is 10.0 Å². The van der Waals surface area contributed by atoms with Crippen LogP contribution in [0.4, 0.5) is 11.4 Å². The Kier molecular flexibility index (Phi) is 8.12. The zero-order valence-corrected chi connectivity index (χ0v) is 22.7. The third-order valence-electron chi connectivity index (χ3n) is 6.69. The summed E-state index contributed by atoms with van der Waals surface area (Å²) in [5.41, 5.74) is 2.42. The molecule has 0 amide bonds. The number of nitrogens with one attached hydrogen (secondary N) is 3. The van der Waals surface area contributed by atoms with Crippen LogP contribution in [0.2, 0.25) is 5.02 Å². The molecule has 4 aromatic rings. The number of piperidine rings is 1. The van der Waals surface area contributed by atoms with Crippen molar-refractivity contribution in [3.63, 3.8) is 0 Å². The zero-order valence-electron chi connectivity index (χ0n) is 21.1. The Morgan fingerprint density at radius 3 is 2.44 bits per heavy atom. The van der Waals surface area contributed by atoms with E-state index in [0.29, 0.717) is 28.3 Å². The Hall–Kier alpha value is -3.51. The Balaban J connectivity index is 1.06. The molecule has 0 bridgehead atoms. The molecule has 1 aliphatic rings. The SMILES string of the molecule is O=c1[nH]c2ccccc2n1OC[C@@H](O)CNC1CCN(c2ccc(NS(=O)(=O)c3ccc(Cl)cc3)cc2)CC1. The highest BCUT2D eigenvalue weighted by Crippen LogP contribution is 2.24. The fourth-order valence-electron chi connectivity index (χ4n) is 4.59.